The summed E-state index contributed by atoms with van der Waals surface area (Å²) < 4.78 is 5.29. The second-order valence-electron chi connectivity index (χ2n) is 11.0. The first kappa shape index (κ1) is 24.0. The maximum absolute atomic E-state index is 12.6. The Kier molecular flexibility index (Phi) is 6.49. The van der Waals surface area contributed by atoms with E-state index in [0.29, 0.717) is 18.6 Å². The van der Waals surface area contributed by atoms with E-state index in [-0.39, 0.29) is 35.9 Å². The van der Waals surface area contributed by atoms with Crippen molar-refractivity contribution >= 4 is 11.7 Å². The Morgan fingerprint density at radius 1 is 1.27 bits per heavy atom. The molecule has 0 amide bonds. The number of hydrogen-bond acceptors (Lipinski definition) is 5. The predicted molar refractivity (Wildman–Crippen MR) is 131 cm³/mol. The maximum Gasteiger partial charge on any atom is 0.336 e. The standard InChI is InChI=1S/C28H39NO4/c1-17-7-6-8-22(19(17)3)29-23(20-12-14-33-26(20)32)15-21-18(2)9-10-24-27(21,4)13-11-25(31)28(24,5)16-30/h6-8,12,21,23-25,29-31H,2,9-11,13-16H2,1,3-5H3/t21-,23?,24?,25?,27+,28-/m0/s1. The van der Waals surface area contributed by atoms with E-state index in [1.807, 2.05) is 19.1 Å². The number of fused-ring (bicyclic) bond motifs is 1. The molecule has 6 atom stereocenters. The molecule has 5 heteroatoms. The number of hydrogen-bond donors (Lipinski definition) is 3. The SMILES string of the molecule is C=C1CCC2[C@](C)(CO)C(O)CC[C@]2(C)[C@H]1CC(Nc1cccc(C)c1C)C1=CCOC1=O. The van der Waals surface area contributed by atoms with Gasteiger partial charge in [0.1, 0.15) is 6.61 Å². The Labute approximate surface area is 197 Å². The maximum atomic E-state index is 12.6. The average Bonchev–Trinajstić information content (AvgIpc) is 3.21. The minimum Gasteiger partial charge on any atom is -0.458 e. The van der Waals surface area contributed by atoms with Crippen LogP contribution in [-0.2, 0) is 9.53 Å². The van der Waals surface area contributed by atoms with Gasteiger partial charge in [0.2, 0.25) is 0 Å². The summed E-state index contributed by atoms with van der Waals surface area (Å²) in [5.74, 6) is 0.117. The van der Waals surface area contributed by atoms with Crippen LogP contribution in [0.4, 0.5) is 5.69 Å². The number of ether oxygens (including phenoxy) is 1. The Morgan fingerprint density at radius 3 is 2.70 bits per heavy atom. The second kappa shape index (κ2) is 8.92. The third-order valence-corrected chi connectivity index (χ3v) is 9.23. The Morgan fingerprint density at radius 2 is 2.03 bits per heavy atom. The van der Waals surface area contributed by atoms with Crippen molar-refractivity contribution in [2.75, 3.05) is 18.5 Å². The van der Waals surface area contributed by atoms with Crippen molar-refractivity contribution in [3.05, 3.63) is 53.1 Å². The lowest BCUT2D eigenvalue weighted by Gasteiger charge is -2.60. The summed E-state index contributed by atoms with van der Waals surface area (Å²) in [6, 6.07) is 6.01. The number of aliphatic hydroxyl groups excluding tert-OH is 2. The van der Waals surface area contributed by atoms with Crippen LogP contribution in [0.15, 0.2) is 42.0 Å². The summed E-state index contributed by atoms with van der Waals surface area (Å²) in [5, 5.41) is 24.8. The lowest BCUT2D eigenvalue weighted by molar-refractivity contribution is -0.152. The number of nitrogens with one attached hydrogen (secondary N) is 1. The van der Waals surface area contributed by atoms with Crippen LogP contribution in [0, 0.1) is 36.5 Å². The summed E-state index contributed by atoms with van der Waals surface area (Å²) in [6.07, 6.45) is 5.51. The minimum atomic E-state index is -0.520. The van der Waals surface area contributed by atoms with Gasteiger partial charge in [-0.25, -0.2) is 4.79 Å². The number of carbonyl (C=O) groups excluding carboxylic acids is 1. The number of aryl methyl sites for hydroxylation is 1. The number of allylic oxidation sites excluding steroid dienone is 1. The lowest BCUT2D eigenvalue weighted by atomic mass is 9.46. The van der Waals surface area contributed by atoms with Crippen LogP contribution in [0.2, 0.25) is 0 Å². The molecule has 1 aromatic rings. The fourth-order valence-electron chi connectivity index (χ4n) is 6.89. The van der Waals surface area contributed by atoms with Crippen molar-refractivity contribution in [2.24, 2.45) is 22.7 Å². The fourth-order valence-corrected chi connectivity index (χ4v) is 6.89. The first-order chi connectivity index (χ1) is 15.6. The van der Waals surface area contributed by atoms with Crippen molar-refractivity contribution in [1.82, 2.24) is 0 Å². The van der Waals surface area contributed by atoms with Crippen molar-refractivity contribution in [1.29, 1.82) is 0 Å². The van der Waals surface area contributed by atoms with E-state index >= 15 is 0 Å². The summed E-state index contributed by atoms with van der Waals surface area (Å²) in [4.78, 5) is 12.6. The number of esters is 1. The van der Waals surface area contributed by atoms with Crippen LogP contribution in [0.25, 0.3) is 0 Å². The van der Waals surface area contributed by atoms with Gasteiger partial charge in [-0.1, -0.05) is 38.1 Å². The van der Waals surface area contributed by atoms with Gasteiger partial charge in [-0.3, -0.25) is 0 Å². The molecule has 0 bridgehead atoms. The van der Waals surface area contributed by atoms with Gasteiger partial charge in [0.05, 0.1) is 24.3 Å². The first-order valence-corrected chi connectivity index (χ1v) is 12.3. The first-order valence-electron chi connectivity index (χ1n) is 12.3. The largest absolute Gasteiger partial charge is 0.458 e. The van der Waals surface area contributed by atoms with Gasteiger partial charge < -0.3 is 20.3 Å². The summed E-state index contributed by atoms with van der Waals surface area (Å²) in [7, 11) is 0. The van der Waals surface area contributed by atoms with Crippen molar-refractivity contribution < 1.29 is 19.7 Å². The van der Waals surface area contributed by atoms with E-state index in [4.69, 9.17) is 4.74 Å². The van der Waals surface area contributed by atoms with E-state index in [9.17, 15) is 15.0 Å². The van der Waals surface area contributed by atoms with E-state index in [1.165, 1.54) is 16.7 Å². The summed E-state index contributed by atoms with van der Waals surface area (Å²) >= 11 is 0. The molecule has 0 radical (unpaired) electrons. The Hall–Kier alpha value is -2.11. The molecule has 3 unspecified atom stereocenters. The molecule has 0 aromatic heterocycles. The lowest BCUT2D eigenvalue weighted by Crippen LogP contribution is -2.58. The van der Waals surface area contributed by atoms with Crippen LogP contribution in [0.5, 0.6) is 0 Å². The van der Waals surface area contributed by atoms with Gasteiger partial charge in [0, 0.05) is 11.1 Å². The fraction of sp³-hybridized carbons (Fsp3) is 0.607. The molecule has 0 saturated heterocycles. The highest BCUT2D eigenvalue weighted by Crippen LogP contribution is 2.62. The van der Waals surface area contributed by atoms with Crippen LogP contribution < -0.4 is 5.32 Å². The average molecular weight is 454 g/mol. The number of aliphatic hydroxyl groups is 2. The van der Waals surface area contributed by atoms with Crippen molar-refractivity contribution in [2.45, 2.75) is 71.9 Å². The molecule has 5 nitrogen and oxygen atoms in total. The normalized spacial score (nSPS) is 35.0. The van der Waals surface area contributed by atoms with Gasteiger partial charge >= 0.3 is 5.97 Å². The molecule has 3 N–H and O–H groups in total. The van der Waals surface area contributed by atoms with Crippen LogP contribution in [-0.4, -0.2) is 41.5 Å². The van der Waals surface area contributed by atoms with E-state index < -0.39 is 11.5 Å². The van der Waals surface area contributed by atoms with Gasteiger partial charge in [0.25, 0.3) is 0 Å². The van der Waals surface area contributed by atoms with Crippen LogP contribution in [0.3, 0.4) is 0 Å². The number of benzene rings is 1. The van der Waals surface area contributed by atoms with E-state index in [0.717, 1.165) is 31.4 Å². The molecular formula is C28H39NO4. The van der Waals surface area contributed by atoms with Gasteiger partial charge in [-0.05, 0) is 86.5 Å². The quantitative estimate of drug-likeness (QED) is 0.430. The molecule has 3 aliphatic rings. The molecule has 33 heavy (non-hydrogen) atoms. The molecule has 1 aromatic carbocycles. The van der Waals surface area contributed by atoms with Crippen LogP contribution >= 0.6 is 0 Å². The van der Waals surface area contributed by atoms with Gasteiger partial charge in [-0.2, -0.15) is 0 Å². The molecule has 2 aliphatic carbocycles. The number of rotatable bonds is 6. The van der Waals surface area contributed by atoms with Crippen molar-refractivity contribution in [3.63, 3.8) is 0 Å². The summed E-state index contributed by atoms with van der Waals surface area (Å²) in [5.41, 5.74) is 4.69. The molecule has 1 heterocycles. The third-order valence-electron chi connectivity index (χ3n) is 9.23. The molecule has 180 valence electrons. The zero-order valence-electron chi connectivity index (χ0n) is 20.5. The third kappa shape index (κ3) is 4.04. The smallest absolute Gasteiger partial charge is 0.336 e. The molecule has 2 fully saturated rings. The second-order valence-corrected chi connectivity index (χ2v) is 11.0. The number of cyclic esters (lactones) is 1. The van der Waals surface area contributed by atoms with Crippen LogP contribution in [0.1, 0.15) is 57.1 Å². The molecule has 0 spiro atoms. The predicted octanol–water partition coefficient (Wildman–Crippen LogP) is 4.70. The minimum absolute atomic E-state index is 0.0186. The molecule has 4 rings (SSSR count). The number of carbonyl (C=O) groups is 1. The zero-order chi connectivity index (χ0) is 24.0. The molecule has 2 saturated carbocycles. The Balaban J connectivity index is 1.69. The zero-order valence-corrected chi connectivity index (χ0v) is 20.5. The number of anilines is 1. The molecule has 1 aliphatic heterocycles. The topological polar surface area (TPSA) is 78.8 Å². The highest BCUT2D eigenvalue weighted by molar-refractivity contribution is 5.92. The molecular weight excluding hydrogens is 414 g/mol. The van der Waals surface area contributed by atoms with Gasteiger partial charge in [0.15, 0.2) is 0 Å². The highest BCUT2D eigenvalue weighted by atomic mass is 16.5. The summed E-state index contributed by atoms with van der Waals surface area (Å²) in [6.45, 7) is 13.3. The highest BCUT2D eigenvalue weighted by Gasteiger charge is 2.58. The van der Waals surface area contributed by atoms with E-state index in [1.54, 1.807) is 0 Å². The van der Waals surface area contributed by atoms with E-state index in [2.05, 4.69) is 44.8 Å². The van der Waals surface area contributed by atoms with Crippen molar-refractivity contribution in [3.8, 4) is 0 Å². The van der Waals surface area contributed by atoms with Gasteiger partial charge in [-0.15, -0.1) is 0 Å². The monoisotopic (exact) mass is 453 g/mol. The Bertz CT molecular complexity index is 969.